The number of esters is 1. The van der Waals surface area contributed by atoms with Crippen LogP contribution >= 0.6 is 0 Å². The third-order valence-electron chi connectivity index (χ3n) is 6.47. The zero-order valence-electron chi connectivity index (χ0n) is 19.7. The van der Waals surface area contributed by atoms with Gasteiger partial charge in [0.2, 0.25) is 0 Å². The normalized spacial score (nSPS) is 15.7. The lowest BCUT2D eigenvalue weighted by atomic mass is 9.91. The molecule has 0 saturated carbocycles. The van der Waals surface area contributed by atoms with Gasteiger partial charge in [-0.2, -0.15) is 0 Å². The van der Waals surface area contributed by atoms with E-state index in [1.165, 1.54) is 0 Å². The summed E-state index contributed by atoms with van der Waals surface area (Å²) in [5, 5.41) is 11.0. The molecule has 1 atom stereocenters. The van der Waals surface area contributed by atoms with Crippen molar-refractivity contribution in [3.8, 4) is 5.75 Å². The van der Waals surface area contributed by atoms with Crippen LogP contribution in [0.1, 0.15) is 48.3 Å². The van der Waals surface area contributed by atoms with Crippen LogP contribution in [0.2, 0.25) is 0 Å². The van der Waals surface area contributed by atoms with Crippen molar-refractivity contribution in [3.05, 3.63) is 93.7 Å². The maximum Gasteiger partial charge on any atom is 0.309 e. The smallest absolute Gasteiger partial charge is 0.309 e. The number of carbonyl (C=O) groups is 1. The summed E-state index contributed by atoms with van der Waals surface area (Å²) in [5.74, 6) is -0.310. The third-order valence-corrected chi connectivity index (χ3v) is 6.47. The van der Waals surface area contributed by atoms with Crippen LogP contribution in [0.5, 0.6) is 5.75 Å². The molecule has 178 valence electrons. The number of piperidine rings is 1. The highest BCUT2D eigenvalue weighted by Crippen LogP contribution is 2.35. The quantitative estimate of drug-likeness (QED) is 0.541. The Bertz CT molecular complexity index is 1170. The Morgan fingerprint density at radius 2 is 1.85 bits per heavy atom. The minimum atomic E-state index is -0.424. The number of likely N-dealkylation sites (tertiary alicyclic amines) is 1. The first-order valence-corrected chi connectivity index (χ1v) is 11.8. The summed E-state index contributed by atoms with van der Waals surface area (Å²) in [5.41, 5.74) is 2.49. The predicted molar refractivity (Wildman–Crippen MR) is 130 cm³/mol. The maximum atomic E-state index is 13.8. The molecule has 1 aromatic carbocycles. The molecule has 1 saturated heterocycles. The number of ether oxygens (including phenoxy) is 1. The lowest BCUT2D eigenvalue weighted by Crippen LogP contribution is -2.42. The Labute approximate surface area is 199 Å². The van der Waals surface area contributed by atoms with Gasteiger partial charge in [0.15, 0.2) is 0 Å². The molecular formula is C27H31N3O4. The molecule has 3 heterocycles. The number of benzene rings is 1. The van der Waals surface area contributed by atoms with Gasteiger partial charge >= 0.3 is 5.97 Å². The number of pyridine rings is 2. The van der Waals surface area contributed by atoms with Gasteiger partial charge in [-0.15, -0.1) is 0 Å². The fourth-order valence-corrected chi connectivity index (χ4v) is 4.72. The maximum absolute atomic E-state index is 13.8. The van der Waals surface area contributed by atoms with E-state index >= 15 is 0 Å². The van der Waals surface area contributed by atoms with E-state index in [0.717, 1.165) is 11.3 Å². The van der Waals surface area contributed by atoms with Gasteiger partial charge < -0.3 is 14.4 Å². The molecule has 1 N–H and O–H groups in total. The third kappa shape index (κ3) is 5.04. The van der Waals surface area contributed by atoms with Crippen molar-refractivity contribution in [2.75, 3.05) is 19.7 Å². The molecule has 1 unspecified atom stereocenters. The second-order valence-electron chi connectivity index (χ2n) is 8.67. The second-order valence-corrected chi connectivity index (χ2v) is 8.67. The molecule has 2 aromatic heterocycles. The molecule has 0 aliphatic carbocycles. The van der Waals surface area contributed by atoms with Gasteiger partial charge in [-0.25, -0.2) is 0 Å². The van der Waals surface area contributed by atoms with Crippen molar-refractivity contribution in [1.82, 2.24) is 14.5 Å². The van der Waals surface area contributed by atoms with Crippen LogP contribution < -0.4 is 5.56 Å². The van der Waals surface area contributed by atoms with E-state index in [-0.39, 0.29) is 23.2 Å². The number of carbonyl (C=O) groups excluding carboxylic acids is 1. The van der Waals surface area contributed by atoms with E-state index < -0.39 is 6.04 Å². The number of rotatable bonds is 7. The summed E-state index contributed by atoms with van der Waals surface area (Å²) in [6, 6.07) is 16.6. The van der Waals surface area contributed by atoms with E-state index in [4.69, 9.17) is 4.74 Å². The van der Waals surface area contributed by atoms with Crippen LogP contribution in [0.4, 0.5) is 0 Å². The summed E-state index contributed by atoms with van der Waals surface area (Å²) in [6.07, 6.45) is 3.01. The zero-order valence-corrected chi connectivity index (χ0v) is 19.7. The summed E-state index contributed by atoms with van der Waals surface area (Å²) in [7, 11) is 0. The molecule has 3 aromatic rings. The van der Waals surface area contributed by atoms with Crippen molar-refractivity contribution < 1.29 is 14.6 Å². The van der Waals surface area contributed by atoms with E-state index in [1.54, 1.807) is 16.8 Å². The number of aromatic hydroxyl groups is 1. The Hall–Kier alpha value is -3.45. The molecule has 0 spiro atoms. The second kappa shape index (κ2) is 10.7. The van der Waals surface area contributed by atoms with Crippen LogP contribution in [0.15, 0.2) is 65.6 Å². The summed E-state index contributed by atoms with van der Waals surface area (Å²) in [4.78, 5) is 32.6. The van der Waals surface area contributed by atoms with E-state index in [0.29, 0.717) is 50.3 Å². The summed E-state index contributed by atoms with van der Waals surface area (Å²) in [6.45, 7) is 5.57. The molecule has 4 rings (SSSR count). The summed E-state index contributed by atoms with van der Waals surface area (Å²) >= 11 is 0. The van der Waals surface area contributed by atoms with Gasteiger partial charge in [0.25, 0.3) is 5.56 Å². The van der Waals surface area contributed by atoms with Gasteiger partial charge in [0.05, 0.1) is 36.4 Å². The molecular weight excluding hydrogens is 430 g/mol. The summed E-state index contributed by atoms with van der Waals surface area (Å²) < 4.78 is 6.88. The topological polar surface area (TPSA) is 84.7 Å². The number of nitrogens with zero attached hydrogens (tertiary/aromatic N) is 3. The van der Waals surface area contributed by atoms with E-state index in [1.807, 2.05) is 62.4 Å². The zero-order chi connectivity index (χ0) is 24.1. The van der Waals surface area contributed by atoms with Gasteiger partial charge in [0, 0.05) is 11.9 Å². The fraction of sp³-hybridized carbons (Fsp3) is 0.370. The average Bonchev–Trinajstić information content (AvgIpc) is 2.86. The fourth-order valence-electron chi connectivity index (χ4n) is 4.72. The van der Waals surface area contributed by atoms with Crippen molar-refractivity contribution in [2.45, 2.75) is 39.3 Å². The van der Waals surface area contributed by atoms with Crippen LogP contribution in [0.25, 0.3) is 0 Å². The highest BCUT2D eigenvalue weighted by molar-refractivity contribution is 5.72. The van der Waals surface area contributed by atoms with Crippen molar-refractivity contribution in [3.63, 3.8) is 0 Å². The lowest BCUT2D eigenvalue weighted by molar-refractivity contribution is -0.149. The number of aromatic nitrogens is 2. The highest BCUT2D eigenvalue weighted by Gasteiger charge is 2.34. The molecule has 0 amide bonds. The van der Waals surface area contributed by atoms with Crippen molar-refractivity contribution in [2.24, 2.45) is 5.92 Å². The van der Waals surface area contributed by atoms with E-state index in [9.17, 15) is 14.7 Å². The predicted octanol–water partition coefficient (Wildman–Crippen LogP) is 3.67. The Morgan fingerprint density at radius 1 is 1.15 bits per heavy atom. The Balaban J connectivity index is 1.72. The van der Waals surface area contributed by atoms with Crippen molar-refractivity contribution >= 4 is 5.97 Å². The minimum absolute atomic E-state index is 0.0128. The van der Waals surface area contributed by atoms with Gasteiger partial charge in [0.1, 0.15) is 5.75 Å². The SMILES string of the molecule is CCOC(=O)C1CCN(C(c2ccccc2)c2c(O)cc(C)n(Cc3ccccn3)c2=O)CC1. The molecule has 7 nitrogen and oxygen atoms in total. The van der Waals surface area contributed by atoms with Crippen molar-refractivity contribution in [1.29, 1.82) is 0 Å². The van der Waals surface area contributed by atoms with Crippen LogP contribution in [-0.2, 0) is 16.1 Å². The van der Waals surface area contributed by atoms with Crippen LogP contribution in [0, 0.1) is 12.8 Å². The molecule has 1 aliphatic heterocycles. The first kappa shape index (κ1) is 23.7. The standard InChI is InChI=1S/C27H31N3O4/c1-3-34-27(33)21-12-15-29(16-13-21)25(20-9-5-4-6-10-20)24-23(31)17-19(2)30(26(24)32)18-22-11-7-8-14-28-22/h4-11,14,17,21,25,31H,3,12-13,15-16,18H2,1-2H3. The largest absolute Gasteiger partial charge is 0.507 e. The molecule has 0 radical (unpaired) electrons. The van der Waals surface area contributed by atoms with Gasteiger partial charge in [-0.05, 0) is 63.5 Å². The number of aryl methyl sites for hydroxylation is 1. The van der Waals surface area contributed by atoms with Gasteiger partial charge in [-0.3, -0.25) is 19.5 Å². The molecule has 7 heteroatoms. The van der Waals surface area contributed by atoms with Gasteiger partial charge in [-0.1, -0.05) is 36.4 Å². The number of hydrogen-bond donors (Lipinski definition) is 1. The molecule has 0 bridgehead atoms. The van der Waals surface area contributed by atoms with E-state index in [2.05, 4.69) is 9.88 Å². The first-order chi connectivity index (χ1) is 16.5. The Morgan fingerprint density at radius 3 is 2.50 bits per heavy atom. The Kier molecular flexibility index (Phi) is 7.43. The first-order valence-electron chi connectivity index (χ1n) is 11.8. The molecule has 1 fully saturated rings. The molecule has 1 aliphatic rings. The lowest BCUT2D eigenvalue weighted by Gasteiger charge is -2.37. The van der Waals surface area contributed by atoms with Crippen LogP contribution in [0.3, 0.4) is 0 Å². The van der Waals surface area contributed by atoms with Crippen LogP contribution in [-0.4, -0.2) is 45.2 Å². The monoisotopic (exact) mass is 461 g/mol. The number of hydrogen-bond acceptors (Lipinski definition) is 6. The average molecular weight is 462 g/mol. The minimum Gasteiger partial charge on any atom is -0.507 e. The molecule has 34 heavy (non-hydrogen) atoms. The highest BCUT2D eigenvalue weighted by atomic mass is 16.5.